The van der Waals surface area contributed by atoms with Crippen molar-refractivity contribution in [2.75, 3.05) is 0 Å². The molecule has 0 spiro atoms. The number of halogens is 2. The van der Waals surface area contributed by atoms with E-state index in [1.54, 1.807) is 0 Å². The van der Waals surface area contributed by atoms with Crippen LogP contribution in [0.15, 0.2) is 18.2 Å². The monoisotopic (exact) mass is 194 g/mol. The Morgan fingerprint density at radius 2 is 1.79 bits per heavy atom. The van der Waals surface area contributed by atoms with Crippen LogP contribution in [0, 0.1) is 11.6 Å². The van der Waals surface area contributed by atoms with Crippen LogP contribution in [0.5, 0.6) is 0 Å². The highest BCUT2D eigenvalue weighted by atomic mass is 19.2. The summed E-state index contributed by atoms with van der Waals surface area (Å²) in [6.45, 7) is 4.07. The van der Waals surface area contributed by atoms with Gasteiger partial charge in [-0.2, -0.15) is 0 Å². The first-order chi connectivity index (χ1) is 6.50. The van der Waals surface area contributed by atoms with Crippen molar-refractivity contribution in [2.45, 2.75) is 25.7 Å². The van der Waals surface area contributed by atoms with E-state index in [-0.39, 0.29) is 5.41 Å². The first kappa shape index (κ1) is 9.38. The minimum Gasteiger partial charge on any atom is -0.204 e. The molecule has 0 radical (unpaired) electrons. The highest BCUT2D eigenvalue weighted by molar-refractivity contribution is 5.59. The Kier molecular flexibility index (Phi) is 1.95. The predicted octanol–water partition coefficient (Wildman–Crippen LogP) is 3.66. The molecule has 74 valence electrons. The van der Waals surface area contributed by atoms with Crippen LogP contribution >= 0.6 is 0 Å². The van der Waals surface area contributed by atoms with Crippen LogP contribution in [0.4, 0.5) is 8.78 Å². The average Bonchev–Trinajstić information content (AvgIpc) is 2.08. The van der Waals surface area contributed by atoms with Crippen molar-refractivity contribution in [2.24, 2.45) is 0 Å². The molecule has 0 saturated carbocycles. The van der Waals surface area contributed by atoms with Crippen LogP contribution in [0.1, 0.15) is 31.4 Å². The predicted molar refractivity (Wildman–Crippen MR) is 53.0 cm³/mol. The molecule has 1 aliphatic rings. The molecule has 0 aliphatic heterocycles. The van der Waals surface area contributed by atoms with E-state index in [9.17, 15) is 8.78 Å². The molecule has 0 N–H and O–H groups in total. The number of hydrogen-bond acceptors (Lipinski definition) is 0. The summed E-state index contributed by atoms with van der Waals surface area (Å²) in [5.41, 5.74) is 1.58. The second kappa shape index (κ2) is 2.91. The van der Waals surface area contributed by atoms with Crippen molar-refractivity contribution >= 4 is 6.08 Å². The fourth-order valence-electron chi connectivity index (χ4n) is 1.88. The summed E-state index contributed by atoms with van der Waals surface area (Å²) < 4.78 is 26.0. The zero-order valence-corrected chi connectivity index (χ0v) is 8.27. The fourth-order valence-corrected chi connectivity index (χ4v) is 1.88. The summed E-state index contributed by atoms with van der Waals surface area (Å²) in [6.07, 6.45) is 4.72. The third-order valence-electron chi connectivity index (χ3n) is 2.75. The Balaban J connectivity index is 2.66. The molecule has 1 aromatic carbocycles. The maximum atomic E-state index is 13.1. The SMILES string of the molecule is CC1(C)CC=Cc2cc(F)c(F)cc21. The standard InChI is InChI=1S/C12H12F2/c1-12(2)5-3-4-8-6-10(13)11(14)7-9(8)12/h3-4,6-7H,5H2,1-2H3. The molecule has 0 atom stereocenters. The van der Waals surface area contributed by atoms with Gasteiger partial charge in [0.05, 0.1) is 0 Å². The van der Waals surface area contributed by atoms with Crippen LogP contribution in [0.3, 0.4) is 0 Å². The molecule has 1 aliphatic carbocycles. The summed E-state index contributed by atoms with van der Waals surface area (Å²) in [5.74, 6) is -1.53. The van der Waals surface area contributed by atoms with E-state index in [1.165, 1.54) is 12.1 Å². The molecule has 0 saturated heterocycles. The second-order valence-corrected chi connectivity index (χ2v) is 4.34. The molecule has 0 fully saturated rings. The molecule has 0 aromatic heterocycles. The number of hydrogen-bond donors (Lipinski definition) is 0. The third-order valence-corrected chi connectivity index (χ3v) is 2.75. The van der Waals surface area contributed by atoms with Gasteiger partial charge in [-0.25, -0.2) is 8.78 Å². The molecule has 0 bridgehead atoms. The van der Waals surface area contributed by atoms with Gasteiger partial charge in [0.2, 0.25) is 0 Å². The van der Waals surface area contributed by atoms with Gasteiger partial charge >= 0.3 is 0 Å². The molecule has 1 aromatic rings. The second-order valence-electron chi connectivity index (χ2n) is 4.34. The summed E-state index contributed by atoms with van der Waals surface area (Å²) in [6, 6.07) is 2.58. The van der Waals surface area contributed by atoms with Crippen molar-refractivity contribution in [1.29, 1.82) is 0 Å². The number of fused-ring (bicyclic) bond motifs is 1. The molecular formula is C12H12F2. The largest absolute Gasteiger partial charge is 0.204 e. The highest BCUT2D eigenvalue weighted by Gasteiger charge is 2.26. The van der Waals surface area contributed by atoms with E-state index in [4.69, 9.17) is 0 Å². The van der Waals surface area contributed by atoms with Crippen molar-refractivity contribution in [3.05, 3.63) is 41.0 Å². The number of benzene rings is 1. The lowest BCUT2D eigenvalue weighted by molar-refractivity contribution is 0.486. The van der Waals surface area contributed by atoms with Gasteiger partial charge in [0.1, 0.15) is 0 Å². The van der Waals surface area contributed by atoms with Crippen molar-refractivity contribution in [3.63, 3.8) is 0 Å². The summed E-state index contributed by atoms with van der Waals surface area (Å²) in [5, 5.41) is 0. The van der Waals surface area contributed by atoms with E-state index < -0.39 is 11.6 Å². The Labute approximate surface area is 82.3 Å². The summed E-state index contributed by atoms with van der Waals surface area (Å²) >= 11 is 0. The number of allylic oxidation sites excluding steroid dienone is 1. The lowest BCUT2D eigenvalue weighted by Crippen LogP contribution is -2.20. The molecule has 0 nitrogen and oxygen atoms in total. The van der Waals surface area contributed by atoms with Gasteiger partial charge in [-0.1, -0.05) is 26.0 Å². The van der Waals surface area contributed by atoms with Gasteiger partial charge in [0.15, 0.2) is 11.6 Å². The van der Waals surface area contributed by atoms with Crippen LogP contribution < -0.4 is 0 Å². The zero-order valence-electron chi connectivity index (χ0n) is 8.27. The normalized spacial score (nSPS) is 18.0. The topological polar surface area (TPSA) is 0 Å². The molecule has 0 unspecified atom stereocenters. The van der Waals surface area contributed by atoms with Crippen molar-refractivity contribution in [1.82, 2.24) is 0 Å². The Morgan fingerprint density at radius 3 is 2.50 bits per heavy atom. The summed E-state index contributed by atoms with van der Waals surface area (Å²) in [4.78, 5) is 0. The third kappa shape index (κ3) is 1.35. The smallest absolute Gasteiger partial charge is 0.159 e. The zero-order chi connectivity index (χ0) is 10.3. The molecule has 14 heavy (non-hydrogen) atoms. The minimum absolute atomic E-state index is 0.0986. The first-order valence-corrected chi connectivity index (χ1v) is 4.67. The minimum atomic E-state index is -0.772. The Hall–Kier alpha value is -1.18. The molecule has 0 amide bonds. The Bertz CT molecular complexity index is 403. The van der Waals surface area contributed by atoms with Crippen LogP contribution in [0.25, 0.3) is 6.08 Å². The summed E-state index contributed by atoms with van der Waals surface area (Å²) in [7, 11) is 0. The molecule has 0 heterocycles. The maximum absolute atomic E-state index is 13.1. The first-order valence-electron chi connectivity index (χ1n) is 4.67. The van der Waals surface area contributed by atoms with E-state index in [0.29, 0.717) is 0 Å². The van der Waals surface area contributed by atoms with Crippen LogP contribution in [0.2, 0.25) is 0 Å². The van der Waals surface area contributed by atoms with E-state index in [2.05, 4.69) is 0 Å². The number of rotatable bonds is 0. The maximum Gasteiger partial charge on any atom is 0.159 e. The average molecular weight is 194 g/mol. The van der Waals surface area contributed by atoms with Crippen LogP contribution in [-0.2, 0) is 5.41 Å². The molecule has 2 heteroatoms. The Morgan fingerprint density at radius 1 is 1.14 bits per heavy atom. The van der Waals surface area contributed by atoms with E-state index >= 15 is 0 Å². The highest BCUT2D eigenvalue weighted by Crippen LogP contribution is 2.35. The lowest BCUT2D eigenvalue weighted by Gasteiger charge is -2.29. The quantitative estimate of drug-likeness (QED) is 0.591. The van der Waals surface area contributed by atoms with Gasteiger partial charge < -0.3 is 0 Å². The fraction of sp³-hybridized carbons (Fsp3) is 0.333. The van der Waals surface area contributed by atoms with E-state index in [0.717, 1.165) is 17.5 Å². The van der Waals surface area contributed by atoms with Gasteiger partial charge in [0.25, 0.3) is 0 Å². The van der Waals surface area contributed by atoms with Gasteiger partial charge in [-0.3, -0.25) is 0 Å². The van der Waals surface area contributed by atoms with Crippen LogP contribution in [-0.4, -0.2) is 0 Å². The van der Waals surface area contributed by atoms with Crippen molar-refractivity contribution < 1.29 is 8.78 Å². The molecule has 2 rings (SSSR count). The molecular weight excluding hydrogens is 182 g/mol. The van der Waals surface area contributed by atoms with Gasteiger partial charge in [-0.05, 0) is 35.1 Å². The lowest BCUT2D eigenvalue weighted by atomic mass is 9.76. The van der Waals surface area contributed by atoms with Crippen molar-refractivity contribution in [3.8, 4) is 0 Å². The van der Waals surface area contributed by atoms with E-state index in [1.807, 2.05) is 26.0 Å². The van der Waals surface area contributed by atoms with Gasteiger partial charge in [-0.15, -0.1) is 0 Å². The van der Waals surface area contributed by atoms with Gasteiger partial charge in [0, 0.05) is 0 Å².